The largest absolute Gasteiger partial charge is 0.490 e. The Balaban J connectivity index is 1.47. The summed E-state index contributed by atoms with van der Waals surface area (Å²) < 4.78 is 41.8. The number of hydrogen-bond acceptors (Lipinski definition) is 7. The van der Waals surface area contributed by atoms with Crippen molar-refractivity contribution in [3.8, 4) is 17.6 Å². The summed E-state index contributed by atoms with van der Waals surface area (Å²) in [7, 11) is -2.33. The van der Waals surface area contributed by atoms with Crippen molar-refractivity contribution in [3.63, 3.8) is 0 Å². The predicted molar refractivity (Wildman–Crippen MR) is 180 cm³/mol. The van der Waals surface area contributed by atoms with Crippen LogP contribution in [0.2, 0.25) is 5.02 Å². The molecule has 0 saturated heterocycles. The number of aryl methyl sites for hydroxylation is 1. The van der Waals surface area contributed by atoms with E-state index in [-0.39, 0.29) is 35.3 Å². The van der Waals surface area contributed by atoms with Crippen molar-refractivity contribution >= 4 is 33.2 Å². The van der Waals surface area contributed by atoms with Crippen molar-refractivity contribution in [2.24, 2.45) is 17.8 Å². The number of fused-ring (bicyclic) bond motifs is 4. The first-order valence-corrected chi connectivity index (χ1v) is 18.1. The molecule has 2 aliphatic carbocycles. The van der Waals surface area contributed by atoms with Crippen LogP contribution in [0.1, 0.15) is 67.4 Å². The third-order valence-electron chi connectivity index (χ3n) is 10.8. The second kappa shape index (κ2) is 12.9. The molecule has 2 bridgehead atoms. The van der Waals surface area contributed by atoms with Gasteiger partial charge in [0.05, 0.1) is 17.5 Å². The molecule has 46 heavy (non-hydrogen) atoms. The number of halogens is 1. The Hall–Kier alpha value is -3.03. The van der Waals surface area contributed by atoms with Crippen molar-refractivity contribution in [1.82, 2.24) is 4.72 Å². The molecular weight excluding hydrogens is 624 g/mol. The number of amides is 1. The smallest absolute Gasteiger partial charge is 0.264 e. The summed E-state index contributed by atoms with van der Waals surface area (Å²) in [6.07, 6.45) is 9.11. The Bertz CT molecular complexity index is 1700. The third-order valence-corrected chi connectivity index (χ3v) is 13.0. The van der Waals surface area contributed by atoms with Gasteiger partial charge in [0.2, 0.25) is 10.0 Å². The maximum atomic E-state index is 13.5. The van der Waals surface area contributed by atoms with E-state index < -0.39 is 26.8 Å². The first-order valence-electron chi connectivity index (χ1n) is 16.2. The average Bonchev–Trinajstić information content (AvgIpc) is 3.17. The number of allylic oxidation sites excluding steroid dienone is 1. The Morgan fingerprint density at radius 2 is 2.02 bits per heavy atom. The molecule has 2 aromatic rings. The molecule has 2 heterocycles. The van der Waals surface area contributed by atoms with E-state index in [1.54, 1.807) is 32.2 Å². The SMILES string of the molecule is CO[C@@]1(C#CCO)/C=C/C[C@H](C)[C@@H](C)S(=O)(=O)NC(=O)c2ccc3c(c2)N(C[C@@H]2CC[C@H]21)C[C@@]1(CCCc2cc(Cl)ccc21)CO3. The van der Waals surface area contributed by atoms with E-state index in [0.29, 0.717) is 31.9 Å². The normalized spacial score (nSPS) is 32.7. The van der Waals surface area contributed by atoms with Crippen LogP contribution in [0.5, 0.6) is 5.75 Å². The molecule has 1 spiro atoms. The minimum absolute atomic E-state index is 0.0460. The number of carbonyl (C=O) groups excluding carboxylic acids is 1. The Kier molecular flexibility index (Phi) is 9.21. The van der Waals surface area contributed by atoms with E-state index in [9.17, 15) is 18.3 Å². The maximum absolute atomic E-state index is 13.5. The highest BCUT2D eigenvalue weighted by molar-refractivity contribution is 7.90. The zero-order valence-corrected chi connectivity index (χ0v) is 28.3. The molecular formula is C36H43ClN2O6S. The number of hydrogen-bond donors (Lipinski definition) is 2. The molecule has 4 aliphatic rings. The molecule has 2 aromatic carbocycles. The molecule has 246 valence electrons. The zero-order valence-electron chi connectivity index (χ0n) is 26.7. The quantitative estimate of drug-likeness (QED) is 0.316. The molecule has 1 amide bonds. The molecule has 8 nitrogen and oxygen atoms in total. The molecule has 2 N–H and O–H groups in total. The van der Waals surface area contributed by atoms with Gasteiger partial charge in [-0.15, -0.1) is 0 Å². The number of carbonyl (C=O) groups is 1. The highest BCUT2D eigenvalue weighted by Gasteiger charge is 2.48. The third kappa shape index (κ3) is 6.06. The number of aliphatic hydroxyl groups is 1. The summed E-state index contributed by atoms with van der Waals surface area (Å²) in [5.41, 5.74) is 2.27. The van der Waals surface area contributed by atoms with Crippen molar-refractivity contribution in [3.05, 3.63) is 70.3 Å². The van der Waals surface area contributed by atoms with Gasteiger partial charge in [-0.05, 0) is 105 Å². The number of rotatable bonds is 1. The molecule has 2 aliphatic heterocycles. The molecule has 1 saturated carbocycles. The lowest BCUT2D eigenvalue weighted by molar-refractivity contribution is -0.0351. The second-order valence-corrected chi connectivity index (χ2v) is 16.0. The van der Waals surface area contributed by atoms with E-state index in [4.69, 9.17) is 21.1 Å². The minimum atomic E-state index is -3.98. The summed E-state index contributed by atoms with van der Waals surface area (Å²) in [6, 6.07) is 11.4. The number of sulfonamides is 1. The highest BCUT2D eigenvalue weighted by Crippen LogP contribution is 2.49. The van der Waals surface area contributed by atoms with Gasteiger partial charge in [0.15, 0.2) is 0 Å². The number of nitrogens with zero attached hydrogens (tertiary/aromatic N) is 1. The fourth-order valence-electron chi connectivity index (χ4n) is 7.83. The van der Waals surface area contributed by atoms with Gasteiger partial charge in [0.25, 0.3) is 5.91 Å². The lowest BCUT2D eigenvalue weighted by atomic mass is 9.64. The van der Waals surface area contributed by atoms with Crippen molar-refractivity contribution < 1.29 is 27.8 Å². The molecule has 6 rings (SSSR count). The van der Waals surface area contributed by atoms with Crippen molar-refractivity contribution in [2.75, 3.05) is 38.3 Å². The molecule has 10 heteroatoms. The summed E-state index contributed by atoms with van der Waals surface area (Å²) >= 11 is 6.43. The van der Waals surface area contributed by atoms with Gasteiger partial charge in [0, 0.05) is 42.1 Å². The Morgan fingerprint density at radius 3 is 2.76 bits per heavy atom. The van der Waals surface area contributed by atoms with Crippen LogP contribution in [0, 0.1) is 29.6 Å². The van der Waals surface area contributed by atoms with Gasteiger partial charge in [-0.2, -0.15) is 0 Å². The van der Waals surface area contributed by atoms with Crippen LogP contribution in [0.25, 0.3) is 0 Å². The lowest BCUT2D eigenvalue weighted by Crippen LogP contribution is -2.52. The van der Waals surface area contributed by atoms with Gasteiger partial charge in [0.1, 0.15) is 18.0 Å². The standard InChI is InChI=1S/C36H43ClN2O6S/c1-24-7-4-16-36(44-3,17-6-18-40)31-12-9-28(31)21-39-22-35(15-5-8-26-19-29(37)11-13-30(26)35)23-45-33-14-10-27(20-32(33)39)34(41)38-46(42,43)25(24)2/h4,10-11,13-14,16,19-20,24-25,28,31,40H,5,7-9,12,15,18,21-23H2,1-3H3,(H,38,41)/b16-4+/t24-,25+,28-,31+,35-,36+/m0/s1. The van der Waals surface area contributed by atoms with Crippen LogP contribution in [0.3, 0.4) is 0 Å². The van der Waals surface area contributed by atoms with Crippen LogP contribution in [0.15, 0.2) is 48.6 Å². The van der Waals surface area contributed by atoms with E-state index in [0.717, 1.165) is 42.8 Å². The number of anilines is 1. The van der Waals surface area contributed by atoms with Gasteiger partial charge in [-0.25, -0.2) is 13.1 Å². The van der Waals surface area contributed by atoms with Gasteiger partial charge < -0.3 is 19.5 Å². The van der Waals surface area contributed by atoms with Gasteiger partial charge >= 0.3 is 0 Å². The van der Waals surface area contributed by atoms with Crippen LogP contribution >= 0.6 is 11.6 Å². The first-order chi connectivity index (χ1) is 22.0. The van der Waals surface area contributed by atoms with Crippen LogP contribution in [0.4, 0.5) is 5.69 Å². The van der Waals surface area contributed by atoms with E-state index >= 15 is 0 Å². The summed E-state index contributed by atoms with van der Waals surface area (Å²) in [6.45, 7) is 4.99. The number of methoxy groups -OCH3 is 1. The van der Waals surface area contributed by atoms with Gasteiger partial charge in [-0.1, -0.05) is 42.5 Å². The average molecular weight is 667 g/mol. The number of aliphatic hydroxyl groups excluding tert-OH is 1. The Labute approximate surface area is 277 Å². The topological polar surface area (TPSA) is 105 Å². The first kappa shape index (κ1) is 32.9. The van der Waals surface area contributed by atoms with Gasteiger partial charge in [-0.3, -0.25) is 4.79 Å². The maximum Gasteiger partial charge on any atom is 0.264 e. The number of ether oxygens (including phenoxy) is 2. The fraction of sp³-hybridized carbons (Fsp3) is 0.528. The van der Waals surface area contributed by atoms with Crippen molar-refractivity contribution in [2.45, 2.75) is 68.6 Å². The molecule has 1 fully saturated rings. The molecule has 0 unspecified atom stereocenters. The monoisotopic (exact) mass is 666 g/mol. The zero-order chi connectivity index (χ0) is 32.7. The van der Waals surface area contributed by atoms with Crippen LogP contribution < -0.4 is 14.4 Å². The summed E-state index contributed by atoms with van der Waals surface area (Å²) in [5.74, 6) is 6.05. The number of nitrogens with one attached hydrogen (secondary N) is 1. The molecule has 0 radical (unpaired) electrons. The lowest BCUT2D eigenvalue weighted by Gasteiger charge is -2.48. The van der Waals surface area contributed by atoms with Crippen LogP contribution in [-0.4, -0.2) is 63.7 Å². The second-order valence-electron chi connectivity index (χ2n) is 13.5. The van der Waals surface area contributed by atoms with E-state index in [1.807, 2.05) is 25.1 Å². The number of benzene rings is 2. The Morgan fingerprint density at radius 1 is 1.20 bits per heavy atom. The van der Waals surface area contributed by atoms with E-state index in [2.05, 4.69) is 33.6 Å². The fourth-order valence-corrected chi connectivity index (χ4v) is 9.31. The summed E-state index contributed by atoms with van der Waals surface area (Å²) in [4.78, 5) is 15.8. The van der Waals surface area contributed by atoms with Crippen molar-refractivity contribution in [1.29, 1.82) is 0 Å². The van der Waals surface area contributed by atoms with E-state index in [1.165, 1.54) is 11.1 Å². The highest BCUT2D eigenvalue weighted by atomic mass is 35.5. The van der Waals surface area contributed by atoms with Crippen LogP contribution in [-0.2, 0) is 26.6 Å². The minimum Gasteiger partial charge on any atom is -0.490 e. The molecule has 6 atom stereocenters. The predicted octanol–water partition coefficient (Wildman–Crippen LogP) is 5.26. The summed E-state index contributed by atoms with van der Waals surface area (Å²) in [5, 5.41) is 9.54. The molecule has 0 aromatic heterocycles.